The van der Waals surface area contributed by atoms with Crippen LogP contribution in [-0.4, -0.2) is 38.7 Å². The van der Waals surface area contributed by atoms with E-state index in [9.17, 15) is 4.79 Å². The lowest BCUT2D eigenvalue weighted by Gasteiger charge is -2.30. The molecule has 2 amide bonds. The zero-order valence-electron chi connectivity index (χ0n) is 10.2. The van der Waals surface area contributed by atoms with Crippen LogP contribution in [-0.2, 0) is 0 Å². The molecule has 5 nitrogen and oxygen atoms in total. The van der Waals surface area contributed by atoms with E-state index >= 15 is 0 Å². The van der Waals surface area contributed by atoms with Crippen molar-refractivity contribution in [3.63, 3.8) is 0 Å². The van der Waals surface area contributed by atoms with Gasteiger partial charge in [0.1, 0.15) is 5.75 Å². The number of carbonyl (C=O) groups excluding carboxylic acids is 1. The summed E-state index contributed by atoms with van der Waals surface area (Å²) in [5, 5.41) is 6.02. The van der Waals surface area contributed by atoms with Crippen molar-refractivity contribution in [3.8, 4) is 5.75 Å². The number of fused-ring (bicyclic) bond motifs is 1. The van der Waals surface area contributed by atoms with Crippen molar-refractivity contribution in [1.82, 2.24) is 5.32 Å². The van der Waals surface area contributed by atoms with E-state index in [1.165, 1.54) is 0 Å². The maximum Gasteiger partial charge on any atom is 0.322 e. The molecule has 6 heteroatoms. The Kier molecular flexibility index (Phi) is 4.15. The summed E-state index contributed by atoms with van der Waals surface area (Å²) >= 11 is 5.56. The molecule has 0 atom stereocenters. The molecule has 1 aromatic carbocycles. The van der Waals surface area contributed by atoms with Gasteiger partial charge in [-0.25, -0.2) is 4.79 Å². The molecule has 98 valence electrons. The van der Waals surface area contributed by atoms with Gasteiger partial charge in [0, 0.05) is 31.6 Å². The molecular weight excluding hydrogens is 254 g/mol. The van der Waals surface area contributed by atoms with Crippen molar-refractivity contribution in [3.05, 3.63) is 18.2 Å². The molecule has 0 fully saturated rings. The number of methoxy groups -OCH3 is 1. The van der Waals surface area contributed by atoms with Gasteiger partial charge in [0.2, 0.25) is 0 Å². The molecule has 0 spiro atoms. The highest BCUT2D eigenvalue weighted by atomic mass is 35.5. The molecule has 0 aliphatic carbocycles. The van der Waals surface area contributed by atoms with Gasteiger partial charge in [0.15, 0.2) is 0 Å². The number of hydrogen-bond acceptors (Lipinski definition) is 3. The number of hydrogen-bond donors (Lipinski definition) is 2. The number of urea groups is 1. The highest BCUT2D eigenvalue weighted by Gasteiger charge is 2.22. The van der Waals surface area contributed by atoms with E-state index in [1.54, 1.807) is 12.0 Å². The Morgan fingerprint density at radius 1 is 1.61 bits per heavy atom. The summed E-state index contributed by atoms with van der Waals surface area (Å²) in [6.45, 7) is 1.82. The van der Waals surface area contributed by atoms with Crippen LogP contribution in [0.3, 0.4) is 0 Å². The maximum atomic E-state index is 12.0. The molecule has 1 heterocycles. The van der Waals surface area contributed by atoms with Crippen LogP contribution in [0.2, 0.25) is 0 Å². The Hall–Kier alpha value is -1.62. The van der Waals surface area contributed by atoms with Crippen LogP contribution in [0.15, 0.2) is 18.2 Å². The smallest absolute Gasteiger partial charge is 0.322 e. The Morgan fingerprint density at radius 3 is 3.17 bits per heavy atom. The van der Waals surface area contributed by atoms with Gasteiger partial charge in [0.25, 0.3) is 0 Å². The fourth-order valence-electron chi connectivity index (χ4n) is 1.90. The van der Waals surface area contributed by atoms with Crippen molar-refractivity contribution in [2.24, 2.45) is 0 Å². The molecule has 0 saturated carbocycles. The van der Waals surface area contributed by atoms with Gasteiger partial charge < -0.3 is 15.4 Å². The van der Waals surface area contributed by atoms with Gasteiger partial charge in [-0.15, -0.1) is 11.6 Å². The molecule has 2 rings (SSSR count). The quantitative estimate of drug-likeness (QED) is 0.824. The minimum atomic E-state index is -0.122. The van der Waals surface area contributed by atoms with Gasteiger partial charge in [-0.3, -0.25) is 4.90 Å². The second-order valence-corrected chi connectivity index (χ2v) is 4.26. The lowest BCUT2D eigenvalue weighted by molar-refractivity contribution is 0.247. The number of anilines is 2. The molecule has 0 bridgehead atoms. The highest BCUT2D eigenvalue weighted by molar-refractivity contribution is 6.18. The first-order valence-corrected chi connectivity index (χ1v) is 6.33. The fourth-order valence-corrected chi connectivity index (χ4v) is 2.00. The van der Waals surface area contributed by atoms with E-state index in [1.807, 2.05) is 18.2 Å². The molecule has 1 aliphatic heterocycles. The van der Waals surface area contributed by atoms with Gasteiger partial charge in [0.05, 0.1) is 18.5 Å². The second kappa shape index (κ2) is 5.82. The van der Waals surface area contributed by atoms with Crippen LogP contribution in [0.1, 0.15) is 0 Å². The largest absolute Gasteiger partial charge is 0.497 e. The fraction of sp³-hybridized carbons (Fsp3) is 0.417. The van der Waals surface area contributed by atoms with Gasteiger partial charge >= 0.3 is 6.03 Å². The molecular formula is C12H16ClN3O2. The average molecular weight is 270 g/mol. The number of nitrogens with zero attached hydrogens (tertiary/aromatic N) is 1. The van der Waals surface area contributed by atoms with Crippen molar-refractivity contribution < 1.29 is 9.53 Å². The van der Waals surface area contributed by atoms with E-state index in [0.29, 0.717) is 25.5 Å². The van der Waals surface area contributed by atoms with Gasteiger partial charge in [-0.05, 0) is 12.1 Å². The zero-order valence-corrected chi connectivity index (χ0v) is 11.0. The summed E-state index contributed by atoms with van der Waals surface area (Å²) in [5.74, 6) is 1.18. The third-order valence-electron chi connectivity index (χ3n) is 2.76. The molecule has 18 heavy (non-hydrogen) atoms. The molecule has 0 radical (unpaired) electrons. The molecule has 0 aromatic heterocycles. The highest BCUT2D eigenvalue weighted by Crippen LogP contribution is 2.32. The first kappa shape index (κ1) is 12.8. The van der Waals surface area contributed by atoms with Crippen LogP contribution in [0.4, 0.5) is 16.2 Å². The van der Waals surface area contributed by atoms with Crippen LogP contribution >= 0.6 is 11.6 Å². The monoisotopic (exact) mass is 269 g/mol. The summed E-state index contributed by atoms with van der Waals surface area (Å²) < 4.78 is 5.16. The Bertz CT molecular complexity index is 439. The average Bonchev–Trinajstić information content (AvgIpc) is 2.43. The lowest BCUT2D eigenvalue weighted by Crippen LogP contribution is -2.45. The van der Waals surface area contributed by atoms with Crippen LogP contribution in [0.25, 0.3) is 0 Å². The van der Waals surface area contributed by atoms with Crippen molar-refractivity contribution in [2.75, 3.05) is 42.8 Å². The SMILES string of the molecule is COc1ccc2c(c1)NCCN2C(=O)NCCCl. The van der Waals surface area contributed by atoms with Crippen molar-refractivity contribution in [2.45, 2.75) is 0 Å². The topological polar surface area (TPSA) is 53.6 Å². The Balaban J connectivity index is 2.19. The number of benzene rings is 1. The molecule has 1 aromatic rings. The first-order valence-electron chi connectivity index (χ1n) is 5.79. The number of ether oxygens (including phenoxy) is 1. The summed E-state index contributed by atoms with van der Waals surface area (Å²) in [6.07, 6.45) is 0. The van der Waals surface area contributed by atoms with Crippen molar-refractivity contribution >= 4 is 29.0 Å². The molecule has 2 N–H and O–H groups in total. The predicted octanol–water partition coefficient (Wildman–Crippen LogP) is 1.88. The minimum Gasteiger partial charge on any atom is -0.497 e. The predicted molar refractivity (Wildman–Crippen MR) is 72.9 cm³/mol. The molecule has 0 saturated heterocycles. The molecule has 1 aliphatic rings. The third kappa shape index (κ3) is 2.61. The number of alkyl halides is 1. The van der Waals surface area contributed by atoms with E-state index in [4.69, 9.17) is 16.3 Å². The first-order chi connectivity index (χ1) is 8.76. The van der Waals surface area contributed by atoms with E-state index < -0.39 is 0 Å². The van der Waals surface area contributed by atoms with Gasteiger partial charge in [-0.1, -0.05) is 0 Å². The number of amides is 2. The van der Waals surface area contributed by atoms with E-state index in [0.717, 1.165) is 17.1 Å². The third-order valence-corrected chi connectivity index (χ3v) is 2.95. The van der Waals surface area contributed by atoms with Crippen LogP contribution in [0, 0.1) is 0 Å². The van der Waals surface area contributed by atoms with Crippen LogP contribution < -0.4 is 20.3 Å². The number of halogens is 1. The van der Waals surface area contributed by atoms with E-state index in [2.05, 4.69) is 10.6 Å². The maximum absolute atomic E-state index is 12.0. The van der Waals surface area contributed by atoms with Crippen molar-refractivity contribution in [1.29, 1.82) is 0 Å². The number of nitrogens with one attached hydrogen (secondary N) is 2. The normalized spacial score (nSPS) is 13.6. The Morgan fingerprint density at radius 2 is 2.44 bits per heavy atom. The summed E-state index contributed by atoms with van der Waals surface area (Å²) in [5.41, 5.74) is 1.76. The summed E-state index contributed by atoms with van der Waals surface area (Å²) in [6, 6.07) is 5.48. The van der Waals surface area contributed by atoms with E-state index in [-0.39, 0.29) is 6.03 Å². The summed E-state index contributed by atoms with van der Waals surface area (Å²) in [7, 11) is 1.62. The Labute approximate surface area is 111 Å². The lowest BCUT2D eigenvalue weighted by atomic mass is 10.2. The second-order valence-electron chi connectivity index (χ2n) is 3.88. The standard InChI is InChI=1S/C12H16ClN3O2/c1-18-9-2-3-11-10(8-9)14-6-7-16(11)12(17)15-5-4-13/h2-3,8,14H,4-7H2,1H3,(H,15,17). The van der Waals surface area contributed by atoms with Gasteiger partial charge in [-0.2, -0.15) is 0 Å². The van der Waals surface area contributed by atoms with Crippen LogP contribution in [0.5, 0.6) is 5.75 Å². The summed E-state index contributed by atoms with van der Waals surface area (Å²) in [4.78, 5) is 13.7. The number of rotatable bonds is 3. The number of carbonyl (C=O) groups is 1. The molecule has 0 unspecified atom stereocenters. The zero-order chi connectivity index (χ0) is 13.0. The minimum absolute atomic E-state index is 0.122.